The lowest BCUT2D eigenvalue weighted by molar-refractivity contribution is -0.150. The molecule has 0 spiro atoms. The van der Waals surface area contributed by atoms with Gasteiger partial charge in [-0.15, -0.1) is 0 Å². The summed E-state index contributed by atoms with van der Waals surface area (Å²) < 4.78 is 28.4. The number of ether oxygens (including phenoxy) is 1. The molecule has 2 aromatic carbocycles. The van der Waals surface area contributed by atoms with Gasteiger partial charge in [-0.3, -0.25) is 14.6 Å². The molecule has 170 valence electrons. The molecule has 1 atom stereocenters. The summed E-state index contributed by atoms with van der Waals surface area (Å²) in [7, 11) is -3.32. The minimum Gasteiger partial charge on any atom is -0.465 e. The summed E-state index contributed by atoms with van der Waals surface area (Å²) >= 11 is 5.98. The first kappa shape index (κ1) is 23.7. The number of amides is 1. The molecule has 0 bridgehead atoms. The van der Waals surface area contributed by atoms with E-state index in [9.17, 15) is 18.0 Å². The molecule has 1 heterocycles. The number of nitrogens with one attached hydrogen (secondary N) is 1. The average Bonchev–Trinajstić information content (AvgIpc) is 3.05. The number of sulfone groups is 1. The largest absolute Gasteiger partial charge is 0.465 e. The van der Waals surface area contributed by atoms with Crippen molar-refractivity contribution in [3.8, 4) is 0 Å². The summed E-state index contributed by atoms with van der Waals surface area (Å²) in [6, 6.07) is 12.8. The van der Waals surface area contributed by atoms with E-state index >= 15 is 0 Å². The second kappa shape index (κ2) is 9.30. The van der Waals surface area contributed by atoms with Crippen molar-refractivity contribution in [2.45, 2.75) is 18.7 Å². The number of halogens is 1. The highest BCUT2D eigenvalue weighted by Crippen LogP contribution is 2.33. The van der Waals surface area contributed by atoms with Gasteiger partial charge in [0.1, 0.15) is 12.0 Å². The quantitative estimate of drug-likeness (QED) is 0.614. The fourth-order valence-corrected chi connectivity index (χ4v) is 4.16. The maximum atomic E-state index is 12.7. The van der Waals surface area contributed by atoms with Crippen molar-refractivity contribution in [2.24, 2.45) is 10.5 Å². The molecule has 1 amide bonds. The molecule has 3 rings (SSSR count). The number of anilines is 1. The van der Waals surface area contributed by atoms with Crippen LogP contribution in [0.2, 0.25) is 5.02 Å². The molecule has 1 aliphatic rings. The van der Waals surface area contributed by atoms with Crippen molar-refractivity contribution in [1.29, 1.82) is 0 Å². The third-order valence-corrected chi connectivity index (χ3v) is 6.38. The second-order valence-electron chi connectivity index (χ2n) is 7.68. The number of hydrogen-bond donors (Lipinski definition) is 1. The predicted molar refractivity (Wildman–Crippen MR) is 122 cm³/mol. The molecule has 0 radical (unpaired) electrons. The van der Waals surface area contributed by atoms with Gasteiger partial charge >= 0.3 is 5.97 Å². The zero-order chi connectivity index (χ0) is 23.5. The Labute approximate surface area is 192 Å². The first-order valence-electron chi connectivity index (χ1n) is 9.90. The molecule has 2 aromatic rings. The Kier molecular flexibility index (Phi) is 6.90. The van der Waals surface area contributed by atoms with Crippen molar-refractivity contribution in [3.63, 3.8) is 0 Å². The van der Waals surface area contributed by atoms with E-state index in [-0.39, 0.29) is 30.5 Å². The first-order chi connectivity index (χ1) is 15.0. The molecule has 0 saturated heterocycles. The minimum atomic E-state index is -3.32. The van der Waals surface area contributed by atoms with Crippen molar-refractivity contribution < 1.29 is 22.7 Å². The van der Waals surface area contributed by atoms with Gasteiger partial charge in [0.2, 0.25) is 5.91 Å². The number of hydrazone groups is 1. The lowest BCUT2D eigenvalue weighted by atomic mass is 9.82. The molecule has 8 nitrogen and oxygen atoms in total. The smallest absolute Gasteiger partial charge is 0.319 e. The summed E-state index contributed by atoms with van der Waals surface area (Å²) in [5, 5.41) is 9.32. The molecule has 10 heteroatoms. The van der Waals surface area contributed by atoms with E-state index in [0.29, 0.717) is 22.0 Å². The van der Waals surface area contributed by atoms with Crippen LogP contribution in [-0.4, -0.2) is 57.0 Å². The Balaban J connectivity index is 1.77. The Morgan fingerprint density at radius 2 is 1.78 bits per heavy atom. The fourth-order valence-electron chi connectivity index (χ4n) is 3.41. The summed E-state index contributed by atoms with van der Waals surface area (Å²) in [6.45, 7) is 3.77. The van der Waals surface area contributed by atoms with Gasteiger partial charge in [-0.2, -0.15) is 5.10 Å². The standard InChI is InChI=1S/C22H24ClN3O5S/c1-4-31-21(28)22(2)14-26(25-20(22)15-5-7-16(23)8-6-15)13-19(27)24-17-9-11-18(12-10-17)32(3,29)30/h5-12H,4,13-14H2,1-3H3,(H,24,27). The highest BCUT2D eigenvalue weighted by atomic mass is 35.5. The molecule has 0 fully saturated rings. The first-order valence-corrected chi connectivity index (χ1v) is 12.2. The Morgan fingerprint density at radius 1 is 1.16 bits per heavy atom. The predicted octanol–water partition coefficient (Wildman–Crippen LogP) is 2.97. The molecular formula is C22H24ClN3O5S. The second-order valence-corrected chi connectivity index (χ2v) is 10.1. The van der Waals surface area contributed by atoms with Crippen LogP contribution < -0.4 is 5.32 Å². The summed E-state index contributed by atoms with van der Waals surface area (Å²) in [4.78, 5) is 25.5. The van der Waals surface area contributed by atoms with Gasteiger partial charge in [0.15, 0.2) is 9.84 Å². The van der Waals surface area contributed by atoms with Gasteiger partial charge in [-0.1, -0.05) is 23.7 Å². The number of benzene rings is 2. The average molecular weight is 478 g/mol. The summed E-state index contributed by atoms with van der Waals surface area (Å²) in [5.41, 5.74) is 0.611. The van der Waals surface area contributed by atoms with Crippen LogP contribution in [0.5, 0.6) is 0 Å². The van der Waals surface area contributed by atoms with Crippen molar-refractivity contribution in [2.75, 3.05) is 31.3 Å². The van der Waals surface area contributed by atoms with E-state index in [1.807, 2.05) is 0 Å². The Morgan fingerprint density at radius 3 is 2.34 bits per heavy atom. The third kappa shape index (κ3) is 5.28. The SMILES string of the molecule is CCOC(=O)C1(C)CN(CC(=O)Nc2ccc(S(C)(=O)=O)cc2)N=C1c1ccc(Cl)cc1. The summed E-state index contributed by atoms with van der Waals surface area (Å²) in [5.74, 6) is -0.780. The molecule has 0 saturated carbocycles. The number of rotatable bonds is 7. The van der Waals surface area contributed by atoms with Crippen LogP contribution in [0.25, 0.3) is 0 Å². The lowest BCUT2D eigenvalue weighted by Crippen LogP contribution is -2.41. The molecule has 0 aromatic heterocycles. The number of esters is 1. The van der Waals surface area contributed by atoms with Crippen LogP contribution in [0.1, 0.15) is 19.4 Å². The molecule has 1 aliphatic heterocycles. The zero-order valence-corrected chi connectivity index (χ0v) is 19.5. The highest BCUT2D eigenvalue weighted by molar-refractivity contribution is 7.90. The molecule has 1 N–H and O–H groups in total. The van der Waals surface area contributed by atoms with Crippen molar-refractivity contribution >= 4 is 44.7 Å². The topological polar surface area (TPSA) is 105 Å². The van der Waals surface area contributed by atoms with Crippen LogP contribution in [0, 0.1) is 5.41 Å². The number of carbonyl (C=O) groups is 2. The van der Waals surface area contributed by atoms with Gasteiger partial charge in [0, 0.05) is 17.0 Å². The fraction of sp³-hybridized carbons (Fsp3) is 0.318. The Bertz CT molecular complexity index is 1150. The normalized spacial score (nSPS) is 18.2. The van der Waals surface area contributed by atoms with E-state index in [0.717, 1.165) is 6.26 Å². The van der Waals surface area contributed by atoms with Crippen LogP contribution in [0.4, 0.5) is 5.69 Å². The van der Waals surface area contributed by atoms with Gasteiger partial charge in [-0.05, 0) is 55.8 Å². The molecular weight excluding hydrogens is 454 g/mol. The summed E-state index contributed by atoms with van der Waals surface area (Å²) in [6.07, 6.45) is 1.12. The number of nitrogens with zero attached hydrogens (tertiary/aromatic N) is 2. The molecule has 32 heavy (non-hydrogen) atoms. The van der Waals surface area contributed by atoms with Crippen molar-refractivity contribution in [1.82, 2.24) is 5.01 Å². The zero-order valence-electron chi connectivity index (χ0n) is 18.0. The minimum absolute atomic E-state index is 0.0973. The highest BCUT2D eigenvalue weighted by Gasteiger charge is 2.47. The lowest BCUT2D eigenvalue weighted by Gasteiger charge is -2.24. The van der Waals surface area contributed by atoms with E-state index < -0.39 is 21.2 Å². The number of carbonyl (C=O) groups excluding carboxylic acids is 2. The maximum absolute atomic E-state index is 12.7. The van der Waals surface area contributed by atoms with Crippen LogP contribution >= 0.6 is 11.6 Å². The van der Waals surface area contributed by atoms with Gasteiger partial charge in [0.25, 0.3) is 0 Å². The van der Waals surface area contributed by atoms with Crippen LogP contribution in [0.15, 0.2) is 58.5 Å². The van der Waals surface area contributed by atoms with E-state index in [1.54, 1.807) is 38.1 Å². The van der Waals surface area contributed by atoms with Crippen LogP contribution in [0.3, 0.4) is 0 Å². The van der Waals surface area contributed by atoms with E-state index in [1.165, 1.54) is 29.3 Å². The maximum Gasteiger partial charge on any atom is 0.319 e. The van der Waals surface area contributed by atoms with Crippen molar-refractivity contribution in [3.05, 3.63) is 59.1 Å². The van der Waals surface area contributed by atoms with Crippen LogP contribution in [-0.2, 0) is 24.2 Å². The Hall–Kier alpha value is -2.91. The molecule has 0 aliphatic carbocycles. The molecule has 1 unspecified atom stereocenters. The van der Waals surface area contributed by atoms with E-state index in [4.69, 9.17) is 16.3 Å². The third-order valence-electron chi connectivity index (χ3n) is 5.00. The monoisotopic (exact) mass is 477 g/mol. The van der Waals surface area contributed by atoms with E-state index in [2.05, 4.69) is 10.4 Å². The van der Waals surface area contributed by atoms with Gasteiger partial charge in [-0.25, -0.2) is 8.42 Å². The number of hydrogen-bond acceptors (Lipinski definition) is 7. The van der Waals surface area contributed by atoms with Gasteiger partial charge in [0.05, 0.1) is 23.8 Å². The van der Waals surface area contributed by atoms with Gasteiger partial charge < -0.3 is 10.1 Å².